The molecule has 0 bridgehead atoms. The number of anilines is 1. The molecule has 2 aliphatic rings. The molecule has 2 aliphatic heterocycles. The summed E-state index contributed by atoms with van der Waals surface area (Å²) in [6, 6.07) is 7.86. The van der Waals surface area contributed by atoms with E-state index in [-0.39, 0.29) is 11.4 Å². The topological polar surface area (TPSA) is 48.3 Å². The van der Waals surface area contributed by atoms with Crippen LogP contribution in [0.2, 0.25) is 5.02 Å². The van der Waals surface area contributed by atoms with E-state index < -0.39 is 5.66 Å². The van der Waals surface area contributed by atoms with Crippen molar-refractivity contribution < 1.29 is 4.79 Å². The van der Waals surface area contributed by atoms with Crippen molar-refractivity contribution in [1.82, 2.24) is 4.90 Å². The smallest absolute Gasteiger partial charge is 0.223 e. The quantitative estimate of drug-likeness (QED) is 0.705. The lowest BCUT2D eigenvalue weighted by Crippen LogP contribution is -2.61. The number of hydrogen-bond donors (Lipinski definition) is 0. The summed E-state index contributed by atoms with van der Waals surface area (Å²) in [5, 5.41) is 8.98. The molecular weight excluding hydrogens is 348 g/mol. The van der Waals surface area contributed by atoms with Crippen LogP contribution in [0.3, 0.4) is 0 Å². The lowest BCUT2D eigenvalue weighted by Gasteiger charge is -2.48. The number of piperazine rings is 1. The molecule has 0 aromatic heterocycles. The minimum Gasteiger partial charge on any atom is -0.367 e. The summed E-state index contributed by atoms with van der Waals surface area (Å²) in [5.41, 5.74) is 0.509. The molecule has 0 unspecified atom stereocenters. The third-order valence-electron chi connectivity index (χ3n) is 5.19. The van der Waals surface area contributed by atoms with Gasteiger partial charge in [0.1, 0.15) is 0 Å². The summed E-state index contributed by atoms with van der Waals surface area (Å²) < 4.78 is 0. The highest BCUT2D eigenvalue weighted by Crippen LogP contribution is 2.38. The third kappa shape index (κ3) is 4.19. The second kappa shape index (κ2) is 7.28. The molecule has 0 radical (unpaired) electrons. The maximum Gasteiger partial charge on any atom is 0.223 e. The predicted octanol–water partition coefficient (Wildman–Crippen LogP) is 4.12. The maximum absolute atomic E-state index is 12.8. The summed E-state index contributed by atoms with van der Waals surface area (Å²) in [6.45, 7) is 6.55. The van der Waals surface area contributed by atoms with Crippen LogP contribution >= 0.6 is 11.6 Å². The Morgan fingerprint density at radius 3 is 2.50 bits per heavy atom. The molecule has 1 aromatic carbocycles. The average Bonchev–Trinajstić information content (AvgIpc) is 3.38. The zero-order valence-corrected chi connectivity index (χ0v) is 16.2. The van der Waals surface area contributed by atoms with Crippen molar-refractivity contribution >= 4 is 23.2 Å². The number of terminal acetylenes is 1. The molecule has 6 heteroatoms. The Morgan fingerprint density at radius 2 is 1.92 bits per heavy atom. The second-order valence-corrected chi connectivity index (χ2v) is 8.08. The van der Waals surface area contributed by atoms with Crippen LogP contribution in [0.5, 0.6) is 0 Å². The largest absolute Gasteiger partial charge is 0.367 e. The lowest BCUT2D eigenvalue weighted by atomic mass is 9.96. The van der Waals surface area contributed by atoms with Gasteiger partial charge < -0.3 is 9.80 Å². The molecule has 2 heterocycles. The van der Waals surface area contributed by atoms with E-state index in [1.807, 2.05) is 29.2 Å². The SMILES string of the molecule is C#CCCC1(CCC(=O)N2CCN(c3ccc(Cl)cc3)CC2(C)C)N=N1. The number of halogens is 1. The van der Waals surface area contributed by atoms with Crippen LogP contribution in [0.1, 0.15) is 39.5 Å². The Kier molecular flexibility index (Phi) is 5.24. The number of hydrogen-bond acceptors (Lipinski definition) is 4. The van der Waals surface area contributed by atoms with Crippen molar-refractivity contribution in [3.8, 4) is 12.3 Å². The Labute approximate surface area is 160 Å². The van der Waals surface area contributed by atoms with Crippen LogP contribution < -0.4 is 4.90 Å². The Balaban J connectivity index is 1.57. The zero-order chi connectivity index (χ0) is 18.8. The number of nitrogens with zero attached hydrogens (tertiary/aromatic N) is 4. The first-order chi connectivity index (χ1) is 12.4. The number of benzene rings is 1. The van der Waals surface area contributed by atoms with E-state index in [9.17, 15) is 4.79 Å². The molecule has 5 nitrogen and oxygen atoms in total. The Hall–Kier alpha value is -2.06. The second-order valence-electron chi connectivity index (χ2n) is 7.64. The van der Waals surface area contributed by atoms with Crippen LogP contribution in [-0.4, -0.2) is 41.6 Å². The zero-order valence-electron chi connectivity index (χ0n) is 15.4. The van der Waals surface area contributed by atoms with Crippen molar-refractivity contribution in [3.63, 3.8) is 0 Å². The van der Waals surface area contributed by atoms with Gasteiger partial charge in [-0.15, -0.1) is 12.3 Å². The van der Waals surface area contributed by atoms with Crippen molar-refractivity contribution in [2.75, 3.05) is 24.5 Å². The number of carbonyl (C=O) groups is 1. The summed E-state index contributed by atoms with van der Waals surface area (Å²) in [6.07, 6.45) is 7.82. The fourth-order valence-electron chi connectivity index (χ4n) is 3.60. The normalized spacial score (nSPS) is 19.9. The highest BCUT2D eigenvalue weighted by molar-refractivity contribution is 6.30. The van der Waals surface area contributed by atoms with Gasteiger partial charge in [-0.2, -0.15) is 10.2 Å². The van der Waals surface area contributed by atoms with Gasteiger partial charge in [-0.1, -0.05) is 11.6 Å². The van der Waals surface area contributed by atoms with Crippen LogP contribution in [0.15, 0.2) is 34.5 Å². The predicted molar refractivity (Wildman–Crippen MR) is 104 cm³/mol. The minimum absolute atomic E-state index is 0.170. The first kappa shape index (κ1) is 18.7. The van der Waals surface area contributed by atoms with Crippen molar-refractivity contribution in [2.45, 2.75) is 50.7 Å². The molecule has 1 amide bonds. The van der Waals surface area contributed by atoms with Gasteiger partial charge in [0.15, 0.2) is 5.66 Å². The van der Waals surface area contributed by atoms with Gasteiger partial charge >= 0.3 is 0 Å². The summed E-state index contributed by atoms with van der Waals surface area (Å²) >= 11 is 5.98. The van der Waals surface area contributed by atoms with E-state index >= 15 is 0 Å². The van der Waals surface area contributed by atoms with E-state index in [1.165, 1.54) is 0 Å². The Bertz CT molecular complexity index is 729. The van der Waals surface area contributed by atoms with Gasteiger partial charge in [-0.05, 0) is 38.1 Å². The maximum atomic E-state index is 12.8. The highest BCUT2D eigenvalue weighted by Gasteiger charge is 2.42. The molecule has 0 atom stereocenters. The lowest BCUT2D eigenvalue weighted by molar-refractivity contribution is -0.137. The Morgan fingerprint density at radius 1 is 1.23 bits per heavy atom. The molecule has 0 spiro atoms. The molecule has 3 rings (SSSR count). The van der Waals surface area contributed by atoms with Gasteiger partial charge in [-0.3, -0.25) is 4.79 Å². The van der Waals surface area contributed by atoms with E-state index in [4.69, 9.17) is 18.0 Å². The van der Waals surface area contributed by atoms with E-state index in [0.717, 1.165) is 30.2 Å². The first-order valence-corrected chi connectivity index (χ1v) is 9.42. The number of rotatable bonds is 6. The van der Waals surface area contributed by atoms with E-state index in [1.54, 1.807) is 0 Å². The van der Waals surface area contributed by atoms with E-state index in [0.29, 0.717) is 25.8 Å². The summed E-state index contributed by atoms with van der Waals surface area (Å²) in [5.74, 6) is 2.79. The van der Waals surface area contributed by atoms with Crippen molar-refractivity contribution in [2.24, 2.45) is 10.2 Å². The van der Waals surface area contributed by atoms with Gasteiger partial charge in [0, 0.05) is 56.0 Å². The van der Waals surface area contributed by atoms with Crippen molar-refractivity contribution in [1.29, 1.82) is 0 Å². The van der Waals surface area contributed by atoms with E-state index in [2.05, 4.69) is 34.9 Å². The van der Waals surface area contributed by atoms with Crippen molar-refractivity contribution in [3.05, 3.63) is 29.3 Å². The van der Waals surface area contributed by atoms with Crippen LogP contribution in [0, 0.1) is 12.3 Å². The summed E-state index contributed by atoms with van der Waals surface area (Å²) in [7, 11) is 0. The van der Waals surface area contributed by atoms with Gasteiger partial charge in [0.05, 0.1) is 5.54 Å². The van der Waals surface area contributed by atoms with Crippen LogP contribution in [0.25, 0.3) is 0 Å². The molecule has 1 saturated heterocycles. The molecule has 0 N–H and O–H groups in total. The number of carbonyl (C=O) groups excluding carboxylic acids is 1. The molecule has 0 saturated carbocycles. The monoisotopic (exact) mass is 372 g/mol. The van der Waals surface area contributed by atoms with Gasteiger partial charge in [-0.25, -0.2) is 0 Å². The number of amides is 1. The first-order valence-electron chi connectivity index (χ1n) is 9.04. The van der Waals surface area contributed by atoms with Gasteiger partial charge in [0.25, 0.3) is 0 Å². The average molecular weight is 373 g/mol. The fraction of sp³-hybridized carbons (Fsp3) is 0.550. The molecule has 26 heavy (non-hydrogen) atoms. The fourth-order valence-corrected chi connectivity index (χ4v) is 3.73. The molecule has 1 fully saturated rings. The summed E-state index contributed by atoms with van der Waals surface area (Å²) in [4.78, 5) is 17.1. The minimum atomic E-state index is -0.392. The molecule has 0 aliphatic carbocycles. The molecule has 1 aromatic rings. The molecule has 138 valence electrons. The third-order valence-corrected chi connectivity index (χ3v) is 5.44. The van der Waals surface area contributed by atoms with Gasteiger partial charge in [0.2, 0.25) is 5.91 Å². The standard InChI is InChI=1S/C20H25ClN4O/c1-4-5-11-20(22-23-20)12-10-18(26)25-14-13-24(15-19(25,2)3)17-8-6-16(21)7-9-17/h1,6-9H,5,10-15H2,2-3H3. The highest BCUT2D eigenvalue weighted by atomic mass is 35.5. The molecular formula is C20H25ClN4O. The van der Waals surface area contributed by atoms with Crippen LogP contribution in [0.4, 0.5) is 5.69 Å². The van der Waals surface area contributed by atoms with Crippen LogP contribution in [-0.2, 0) is 4.79 Å².